The Balaban J connectivity index is 2.15. The fourth-order valence-electron chi connectivity index (χ4n) is 3.67. The first-order chi connectivity index (χ1) is 8.46. The van der Waals surface area contributed by atoms with Crippen molar-refractivity contribution in [2.45, 2.75) is 51.0 Å². The maximum absolute atomic E-state index is 10.3. The lowest BCUT2D eigenvalue weighted by Crippen LogP contribution is -2.48. The number of aliphatic imine (C=N–C) groups is 1. The minimum absolute atomic E-state index is 0.0683. The summed E-state index contributed by atoms with van der Waals surface area (Å²) in [6, 6.07) is 8.46. The van der Waals surface area contributed by atoms with Crippen LogP contribution in [-0.2, 0) is 5.41 Å². The van der Waals surface area contributed by atoms with E-state index >= 15 is 0 Å². The molecule has 1 aliphatic heterocycles. The van der Waals surface area contributed by atoms with Crippen LogP contribution in [0.15, 0.2) is 29.3 Å². The van der Waals surface area contributed by atoms with E-state index in [2.05, 4.69) is 32.0 Å². The fourth-order valence-corrected chi connectivity index (χ4v) is 3.67. The molecule has 2 nitrogen and oxygen atoms in total. The average molecular weight is 243 g/mol. The van der Waals surface area contributed by atoms with Crippen molar-refractivity contribution in [2.24, 2.45) is 10.9 Å². The van der Waals surface area contributed by atoms with Crippen LogP contribution >= 0.6 is 0 Å². The summed E-state index contributed by atoms with van der Waals surface area (Å²) in [5.41, 5.74) is 3.15. The minimum atomic E-state index is -0.584. The van der Waals surface area contributed by atoms with E-state index in [0.29, 0.717) is 12.3 Å². The lowest BCUT2D eigenvalue weighted by molar-refractivity contribution is 0.0366. The Morgan fingerprint density at radius 3 is 2.67 bits per heavy atom. The van der Waals surface area contributed by atoms with Gasteiger partial charge < -0.3 is 5.11 Å². The van der Waals surface area contributed by atoms with Gasteiger partial charge in [0.1, 0.15) is 0 Å². The molecule has 18 heavy (non-hydrogen) atoms. The number of nitrogens with zero attached hydrogens (tertiary/aromatic N) is 1. The normalized spacial score (nSPS) is 34.2. The van der Waals surface area contributed by atoms with Gasteiger partial charge in [-0.2, -0.15) is 0 Å². The quantitative estimate of drug-likeness (QED) is 0.803. The van der Waals surface area contributed by atoms with Gasteiger partial charge in [-0.05, 0) is 37.3 Å². The van der Waals surface area contributed by atoms with Gasteiger partial charge in [0.05, 0.1) is 11.3 Å². The smallest absolute Gasteiger partial charge is 0.0672 e. The predicted octanol–water partition coefficient (Wildman–Crippen LogP) is 3.60. The second-order valence-corrected chi connectivity index (χ2v) is 6.38. The van der Waals surface area contributed by atoms with Crippen molar-refractivity contribution in [3.05, 3.63) is 29.8 Å². The van der Waals surface area contributed by atoms with Crippen LogP contribution in [-0.4, -0.2) is 16.4 Å². The predicted molar refractivity (Wildman–Crippen MR) is 74.5 cm³/mol. The second-order valence-electron chi connectivity index (χ2n) is 6.38. The number of fused-ring (bicyclic) bond motifs is 3. The number of aliphatic hydroxyl groups is 1. The molecule has 0 saturated heterocycles. The van der Waals surface area contributed by atoms with Gasteiger partial charge in [0.25, 0.3) is 0 Å². The highest BCUT2D eigenvalue weighted by molar-refractivity contribution is 6.03. The van der Waals surface area contributed by atoms with Gasteiger partial charge >= 0.3 is 0 Å². The molecule has 1 heterocycles. The zero-order valence-corrected chi connectivity index (χ0v) is 11.4. The Labute approximate surface area is 109 Å². The van der Waals surface area contributed by atoms with Crippen LogP contribution in [0, 0.1) is 5.92 Å². The van der Waals surface area contributed by atoms with Gasteiger partial charge in [-0.3, -0.25) is 4.99 Å². The SMILES string of the molecule is CC(C)C12CCC(C)(O)CC1=Nc1ccccc12. The minimum Gasteiger partial charge on any atom is -0.390 e. The number of hydrogen-bond acceptors (Lipinski definition) is 2. The Morgan fingerprint density at radius 1 is 1.22 bits per heavy atom. The van der Waals surface area contributed by atoms with E-state index in [-0.39, 0.29) is 5.41 Å². The highest BCUT2D eigenvalue weighted by Crippen LogP contribution is 2.52. The van der Waals surface area contributed by atoms with Crippen LogP contribution in [0.4, 0.5) is 5.69 Å². The molecule has 1 aliphatic carbocycles. The van der Waals surface area contributed by atoms with Crippen LogP contribution in [0.2, 0.25) is 0 Å². The van der Waals surface area contributed by atoms with Crippen LogP contribution in [0.3, 0.4) is 0 Å². The zero-order valence-electron chi connectivity index (χ0n) is 11.4. The maximum atomic E-state index is 10.3. The molecule has 1 aromatic rings. The highest BCUT2D eigenvalue weighted by Gasteiger charge is 2.50. The van der Waals surface area contributed by atoms with Gasteiger partial charge in [-0.25, -0.2) is 0 Å². The Morgan fingerprint density at radius 2 is 1.94 bits per heavy atom. The highest BCUT2D eigenvalue weighted by atomic mass is 16.3. The molecule has 1 saturated carbocycles. The van der Waals surface area contributed by atoms with Crippen molar-refractivity contribution in [1.29, 1.82) is 0 Å². The molecule has 0 spiro atoms. The molecule has 1 aromatic carbocycles. The van der Waals surface area contributed by atoms with Crippen molar-refractivity contribution in [3.63, 3.8) is 0 Å². The summed E-state index contributed by atoms with van der Waals surface area (Å²) >= 11 is 0. The van der Waals surface area contributed by atoms with Crippen LogP contribution in [0.25, 0.3) is 0 Å². The topological polar surface area (TPSA) is 32.6 Å². The molecule has 0 bridgehead atoms. The fraction of sp³-hybridized carbons (Fsp3) is 0.562. The molecular weight excluding hydrogens is 222 g/mol. The summed E-state index contributed by atoms with van der Waals surface area (Å²) in [7, 11) is 0. The van der Waals surface area contributed by atoms with Crippen molar-refractivity contribution in [3.8, 4) is 0 Å². The molecule has 96 valence electrons. The Bertz CT molecular complexity index is 516. The second kappa shape index (κ2) is 3.67. The van der Waals surface area contributed by atoms with Crippen molar-refractivity contribution in [2.75, 3.05) is 0 Å². The molecule has 3 rings (SSSR count). The lowest BCUT2D eigenvalue weighted by atomic mass is 9.60. The molecule has 2 unspecified atom stereocenters. The van der Waals surface area contributed by atoms with Gasteiger partial charge in [0, 0.05) is 17.5 Å². The summed E-state index contributed by atoms with van der Waals surface area (Å²) in [6.45, 7) is 6.48. The van der Waals surface area contributed by atoms with E-state index in [1.165, 1.54) is 11.3 Å². The monoisotopic (exact) mass is 243 g/mol. The van der Waals surface area contributed by atoms with Crippen molar-refractivity contribution < 1.29 is 5.11 Å². The molecule has 2 heteroatoms. The molecule has 0 radical (unpaired) electrons. The zero-order chi connectivity index (χ0) is 13.0. The van der Waals surface area contributed by atoms with Gasteiger partial charge in [0.15, 0.2) is 0 Å². The standard InChI is InChI=1S/C16H21NO/c1-11(2)16-9-8-15(3,18)10-14(16)17-13-7-5-4-6-12(13)16/h4-7,11,18H,8-10H2,1-3H3. The summed E-state index contributed by atoms with van der Waals surface area (Å²) in [4.78, 5) is 4.82. The van der Waals surface area contributed by atoms with Gasteiger partial charge in [-0.15, -0.1) is 0 Å². The summed E-state index contributed by atoms with van der Waals surface area (Å²) in [5, 5.41) is 10.3. The van der Waals surface area contributed by atoms with Crippen LogP contribution < -0.4 is 0 Å². The van der Waals surface area contributed by atoms with E-state index in [1.54, 1.807) is 0 Å². The first kappa shape index (κ1) is 11.9. The molecule has 2 atom stereocenters. The first-order valence-electron chi connectivity index (χ1n) is 6.86. The molecule has 2 aliphatic rings. The number of hydrogen-bond donors (Lipinski definition) is 1. The Kier molecular flexibility index (Phi) is 2.43. The summed E-state index contributed by atoms with van der Waals surface area (Å²) < 4.78 is 0. The van der Waals surface area contributed by atoms with E-state index < -0.39 is 5.60 Å². The van der Waals surface area contributed by atoms with Crippen LogP contribution in [0.5, 0.6) is 0 Å². The first-order valence-corrected chi connectivity index (χ1v) is 6.86. The van der Waals surface area contributed by atoms with Gasteiger partial charge in [0.2, 0.25) is 0 Å². The third-order valence-electron chi connectivity index (χ3n) is 4.75. The van der Waals surface area contributed by atoms with E-state index in [1.807, 2.05) is 13.0 Å². The van der Waals surface area contributed by atoms with Crippen LogP contribution in [0.1, 0.15) is 45.6 Å². The van der Waals surface area contributed by atoms with Gasteiger partial charge in [-0.1, -0.05) is 32.0 Å². The van der Waals surface area contributed by atoms with Crippen molar-refractivity contribution >= 4 is 11.4 Å². The third-order valence-corrected chi connectivity index (χ3v) is 4.75. The largest absolute Gasteiger partial charge is 0.390 e. The molecule has 1 fully saturated rings. The number of benzene rings is 1. The van der Waals surface area contributed by atoms with E-state index in [0.717, 1.165) is 18.5 Å². The average Bonchev–Trinajstić information content (AvgIpc) is 2.61. The molecular formula is C16H21NO. The van der Waals surface area contributed by atoms with E-state index in [9.17, 15) is 5.11 Å². The number of rotatable bonds is 1. The Hall–Kier alpha value is -1.15. The lowest BCUT2D eigenvalue weighted by Gasteiger charge is -2.44. The summed E-state index contributed by atoms with van der Waals surface area (Å²) in [5.74, 6) is 0.524. The molecule has 0 aromatic heterocycles. The summed E-state index contributed by atoms with van der Waals surface area (Å²) in [6.07, 6.45) is 2.58. The number of para-hydroxylation sites is 1. The van der Waals surface area contributed by atoms with E-state index in [4.69, 9.17) is 4.99 Å². The third kappa shape index (κ3) is 1.48. The molecule has 0 amide bonds. The van der Waals surface area contributed by atoms with Crippen molar-refractivity contribution in [1.82, 2.24) is 0 Å². The molecule has 1 N–H and O–H groups in total. The maximum Gasteiger partial charge on any atom is 0.0672 e.